The van der Waals surface area contributed by atoms with Crippen molar-refractivity contribution < 1.29 is 13.9 Å². The molecule has 0 unspecified atom stereocenters. The van der Waals surface area contributed by atoms with Crippen molar-refractivity contribution in [2.75, 3.05) is 5.32 Å². The summed E-state index contributed by atoms with van der Waals surface area (Å²) in [6, 6.07) is 11.1. The Hall–Kier alpha value is -1.88. The lowest BCUT2D eigenvalue weighted by molar-refractivity contribution is 0.476. The van der Waals surface area contributed by atoms with Gasteiger partial charge in [0.2, 0.25) is 0 Å². The second-order valence-electron chi connectivity index (χ2n) is 5.04. The van der Waals surface area contributed by atoms with E-state index < -0.39 is 5.82 Å². The van der Waals surface area contributed by atoms with Gasteiger partial charge in [0, 0.05) is 11.3 Å². The first-order valence-electron chi connectivity index (χ1n) is 6.90. The van der Waals surface area contributed by atoms with Crippen LogP contribution in [-0.4, -0.2) is 5.11 Å². The number of benzene rings is 2. The summed E-state index contributed by atoms with van der Waals surface area (Å²) in [4.78, 5) is 0. The number of furan rings is 1. The number of nitrogens with one attached hydrogen (secondary N) is 1. The lowest BCUT2D eigenvalue weighted by Gasteiger charge is -2.07. The minimum absolute atomic E-state index is 0.0388. The Labute approximate surface area is 152 Å². The highest BCUT2D eigenvalue weighted by Gasteiger charge is 2.09. The molecule has 3 rings (SSSR count). The van der Waals surface area contributed by atoms with Crippen LogP contribution in [0, 0.1) is 5.82 Å². The lowest BCUT2D eigenvalue weighted by atomic mass is 10.2. The van der Waals surface area contributed by atoms with Gasteiger partial charge in [0.05, 0.1) is 21.6 Å². The van der Waals surface area contributed by atoms with Crippen LogP contribution in [0.1, 0.15) is 5.76 Å². The van der Waals surface area contributed by atoms with Gasteiger partial charge in [-0.3, -0.25) is 0 Å². The topological polar surface area (TPSA) is 45.4 Å². The molecule has 2 N–H and O–H groups in total. The van der Waals surface area contributed by atoms with Crippen LogP contribution in [0.15, 0.2) is 46.9 Å². The quantitative estimate of drug-likeness (QED) is 0.513. The van der Waals surface area contributed by atoms with Crippen LogP contribution < -0.4 is 5.32 Å². The smallest absolute Gasteiger partial charge is 0.152 e. The van der Waals surface area contributed by atoms with E-state index in [4.69, 9.17) is 39.2 Å². The molecular weight excluding hydrogens is 376 g/mol. The molecule has 124 valence electrons. The standard InChI is InChI=1S/C17H11Cl3FNO2/c18-12-5-9(1-3-15(12)21)16-4-2-11(24-16)8-22-10-6-13(19)17(23)14(20)7-10/h1-7,22-23H,8H2. The number of rotatable bonds is 4. The summed E-state index contributed by atoms with van der Waals surface area (Å²) in [5.74, 6) is 0.605. The molecule has 0 saturated heterocycles. The molecule has 0 bridgehead atoms. The van der Waals surface area contributed by atoms with Crippen molar-refractivity contribution in [2.24, 2.45) is 0 Å². The molecule has 0 aliphatic heterocycles. The maximum atomic E-state index is 13.2. The number of phenolic OH excluding ortho intramolecular Hbond substituents is 1. The summed E-state index contributed by atoms with van der Waals surface area (Å²) < 4.78 is 18.9. The predicted molar refractivity (Wildman–Crippen MR) is 94.6 cm³/mol. The second-order valence-corrected chi connectivity index (χ2v) is 6.26. The molecule has 0 saturated carbocycles. The van der Waals surface area contributed by atoms with Crippen LogP contribution in [0.5, 0.6) is 5.75 Å². The zero-order chi connectivity index (χ0) is 17.3. The molecule has 2 aromatic carbocycles. The molecule has 1 heterocycles. The van der Waals surface area contributed by atoms with Gasteiger partial charge in [-0.05, 0) is 42.5 Å². The fourth-order valence-corrected chi connectivity index (χ4v) is 2.80. The van der Waals surface area contributed by atoms with Gasteiger partial charge in [0.25, 0.3) is 0 Å². The number of halogens is 4. The van der Waals surface area contributed by atoms with Gasteiger partial charge in [0.1, 0.15) is 17.3 Å². The molecule has 0 aliphatic carbocycles. The average Bonchev–Trinajstić information content (AvgIpc) is 3.02. The fourth-order valence-electron chi connectivity index (χ4n) is 2.13. The number of anilines is 1. The van der Waals surface area contributed by atoms with Gasteiger partial charge in [-0.2, -0.15) is 0 Å². The van der Waals surface area contributed by atoms with Crippen LogP contribution in [0.25, 0.3) is 11.3 Å². The minimum Gasteiger partial charge on any atom is -0.505 e. The van der Waals surface area contributed by atoms with Crippen molar-refractivity contribution in [3.05, 3.63) is 69.1 Å². The van der Waals surface area contributed by atoms with Crippen LogP contribution >= 0.6 is 34.8 Å². The number of hydrogen-bond acceptors (Lipinski definition) is 3. The van der Waals surface area contributed by atoms with E-state index >= 15 is 0 Å². The largest absolute Gasteiger partial charge is 0.505 e. The highest BCUT2D eigenvalue weighted by Crippen LogP contribution is 2.35. The third kappa shape index (κ3) is 3.61. The minimum atomic E-state index is -0.477. The monoisotopic (exact) mass is 385 g/mol. The first-order chi connectivity index (χ1) is 11.4. The molecule has 0 radical (unpaired) electrons. The SMILES string of the molecule is Oc1c(Cl)cc(NCc2ccc(-c3ccc(F)c(Cl)c3)o2)cc1Cl. The van der Waals surface area contributed by atoms with E-state index in [-0.39, 0.29) is 20.8 Å². The maximum absolute atomic E-state index is 13.2. The van der Waals surface area contributed by atoms with Gasteiger partial charge in [-0.25, -0.2) is 4.39 Å². The van der Waals surface area contributed by atoms with Crippen molar-refractivity contribution in [3.63, 3.8) is 0 Å². The summed E-state index contributed by atoms with van der Waals surface area (Å²) in [7, 11) is 0. The Morgan fingerprint density at radius 2 is 1.67 bits per heavy atom. The average molecular weight is 387 g/mol. The Kier molecular flexibility index (Phi) is 4.90. The fraction of sp³-hybridized carbons (Fsp3) is 0.0588. The van der Waals surface area contributed by atoms with Crippen molar-refractivity contribution >= 4 is 40.5 Å². The van der Waals surface area contributed by atoms with E-state index in [1.54, 1.807) is 30.3 Å². The third-order valence-corrected chi connectivity index (χ3v) is 4.22. The van der Waals surface area contributed by atoms with E-state index in [0.717, 1.165) is 0 Å². The van der Waals surface area contributed by atoms with Crippen molar-refractivity contribution in [1.29, 1.82) is 0 Å². The molecule has 24 heavy (non-hydrogen) atoms. The summed E-state index contributed by atoms with van der Waals surface area (Å²) in [5.41, 5.74) is 1.33. The Morgan fingerprint density at radius 3 is 2.33 bits per heavy atom. The van der Waals surface area contributed by atoms with Crippen molar-refractivity contribution in [3.8, 4) is 17.1 Å². The van der Waals surface area contributed by atoms with Crippen LogP contribution in [0.3, 0.4) is 0 Å². The van der Waals surface area contributed by atoms with Crippen LogP contribution in [-0.2, 0) is 6.54 Å². The van der Waals surface area contributed by atoms with Crippen molar-refractivity contribution in [2.45, 2.75) is 6.54 Å². The first kappa shape index (κ1) is 17.0. The van der Waals surface area contributed by atoms with E-state index in [9.17, 15) is 9.50 Å². The normalized spacial score (nSPS) is 10.8. The van der Waals surface area contributed by atoms with E-state index in [1.165, 1.54) is 12.1 Å². The molecule has 0 aliphatic rings. The van der Waals surface area contributed by atoms with Gasteiger partial charge < -0.3 is 14.8 Å². The number of phenols is 1. The molecule has 7 heteroatoms. The highest BCUT2D eigenvalue weighted by atomic mass is 35.5. The molecule has 0 amide bonds. The third-order valence-electron chi connectivity index (χ3n) is 3.35. The van der Waals surface area contributed by atoms with Crippen LogP contribution in [0.2, 0.25) is 15.1 Å². The van der Waals surface area contributed by atoms with E-state index in [2.05, 4.69) is 5.32 Å². The zero-order valence-electron chi connectivity index (χ0n) is 12.1. The number of hydrogen-bond donors (Lipinski definition) is 2. The van der Waals surface area contributed by atoms with Gasteiger partial charge in [-0.15, -0.1) is 0 Å². The van der Waals surface area contributed by atoms with Crippen LogP contribution in [0.4, 0.5) is 10.1 Å². The molecule has 1 aromatic heterocycles. The molecular formula is C17H11Cl3FNO2. The van der Waals surface area contributed by atoms with E-state index in [1.807, 2.05) is 0 Å². The maximum Gasteiger partial charge on any atom is 0.152 e. The van der Waals surface area contributed by atoms with Crippen molar-refractivity contribution in [1.82, 2.24) is 0 Å². The van der Waals surface area contributed by atoms with Gasteiger partial charge in [-0.1, -0.05) is 34.8 Å². The summed E-state index contributed by atoms with van der Waals surface area (Å²) in [6.45, 7) is 0.381. The van der Waals surface area contributed by atoms with E-state index in [0.29, 0.717) is 29.3 Å². The van der Waals surface area contributed by atoms with Gasteiger partial charge >= 0.3 is 0 Å². The molecule has 0 spiro atoms. The Balaban J connectivity index is 1.73. The molecule has 3 aromatic rings. The second kappa shape index (κ2) is 6.93. The predicted octanol–water partition coefficient (Wildman–Crippen LogP) is 6.36. The Bertz CT molecular complexity index is 872. The summed E-state index contributed by atoms with van der Waals surface area (Å²) in [5, 5.41) is 13.0. The molecule has 0 fully saturated rings. The zero-order valence-corrected chi connectivity index (χ0v) is 14.4. The summed E-state index contributed by atoms with van der Waals surface area (Å²) >= 11 is 17.5. The molecule has 3 nitrogen and oxygen atoms in total. The molecule has 0 atom stereocenters. The number of aromatic hydroxyl groups is 1. The Morgan fingerprint density at radius 1 is 0.958 bits per heavy atom. The summed E-state index contributed by atoms with van der Waals surface area (Å²) in [6.07, 6.45) is 0. The lowest BCUT2D eigenvalue weighted by Crippen LogP contribution is -1.98. The van der Waals surface area contributed by atoms with Gasteiger partial charge in [0.15, 0.2) is 5.75 Å². The first-order valence-corrected chi connectivity index (χ1v) is 8.03. The highest BCUT2D eigenvalue weighted by molar-refractivity contribution is 6.37.